The molecule has 112 valence electrons. The average Bonchev–Trinajstić information content (AvgIpc) is 2.83. The maximum Gasteiger partial charge on any atom is 0.234 e. The zero-order chi connectivity index (χ0) is 14.3. The molecule has 1 rings (SSSR count). The van der Waals surface area contributed by atoms with Crippen molar-refractivity contribution < 1.29 is 4.79 Å². The van der Waals surface area contributed by atoms with Gasteiger partial charge in [0.25, 0.3) is 0 Å². The molecular formula is C15H31N3O. The number of nitrogens with one attached hydrogen (secondary N) is 1. The van der Waals surface area contributed by atoms with E-state index in [4.69, 9.17) is 5.73 Å². The van der Waals surface area contributed by atoms with Crippen LogP contribution in [0.3, 0.4) is 0 Å². The molecule has 1 fully saturated rings. The number of carbonyl (C=O) groups excluding carboxylic acids is 1. The van der Waals surface area contributed by atoms with E-state index in [0.717, 1.165) is 26.1 Å². The van der Waals surface area contributed by atoms with Crippen molar-refractivity contribution >= 4 is 5.91 Å². The minimum absolute atomic E-state index is 0.158. The van der Waals surface area contributed by atoms with Gasteiger partial charge in [0, 0.05) is 12.6 Å². The second-order valence-corrected chi connectivity index (χ2v) is 6.09. The molecule has 2 atom stereocenters. The zero-order valence-corrected chi connectivity index (χ0v) is 12.8. The van der Waals surface area contributed by atoms with Gasteiger partial charge in [-0.15, -0.1) is 0 Å². The molecule has 1 aliphatic carbocycles. The second-order valence-electron chi connectivity index (χ2n) is 6.09. The Labute approximate surface area is 118 Å². The van der Waals surface area contributed by atoms with Crippen LogP contribution in [0.4, 0.5) is 0 Å². The van der Waals surface area contributed by atoms with Crippen molar-refractivity contribution in [2.75, 3.05) is 26.2 Å². The molecule has 0 aromatic heterocycles. The van der Waals surface area contributed by atoms with Crippen LogP contribution in [0.2, 0.25) is 0 Å². The molecule has 1 amide bonds. The van der Waals surface area contributed by atoms with Crippen LogP contribution in [-0.2, 0) is 4.79 Å². The van der Waals surface area contributed by atoms with Crippen LogP contribution in [0.15, 0.2) is 0 Å². The maximum absolute atomic E-state index is 12.0. The summed E-state index contributed by atoms with van der Waals surface area (Å²) in [5.41, 5.74) is 5.83. The first-order valence-electron chi connectivity index (χ1n) is 7.79. The molecule has 0 heterocycles. The van der Waals surface area contributed by atoms with E-state index >= 15 is 0 Å². The quantitative estimate of drug-likeness (QED) is 0.703. The highest BCUT2D eigenvalue weighted by Crippen LogP contribution is 2.28. The van der Waals surface area contributed by atoms with E-state index in [9.17, 15) is 4.79 Å². The van der Waals surface area contributed by atoms with E-state index in [1.165, 1.54) is 19.3 Å². The molecule has 19 heavy (non-hydrogen) atoms. The SMILES string of the molecule is CCN(CC(=O)NCCC(C)C)C1CCCC1CN. The number of carbonyl (C=O) groups is 1. The Hall–Kier alpha value is -0.610. The molecule has 0 aromatic rings. The lowest BCUT2D eigenvalue weighted by Gasteiger charge is -2.31. The molecule has 0 aromatic carbocycles. The Morgan fingerprint density at radius 3 is 2.74 bits per heavy atom. The van der Waals surface area contributed by atoms with E-state index < -0.39 is 0 Å². The van der Waals surface area contributed by atoms with Crippen LogP contribution in [0, 0.1) is 11.8 Å². The number of hydrogen-bond donors (Lipinski definition) is 2. The molecule has 4 nitrogen and oxygen atoms in total. The Morgan fingerprint density at radius 1 is 1.42 bits per heavy atom. The third-order valence-electron chi connectivity index (χ3n) is 4.19. The molecule has 0 spiro atoms. The van der Waals surface area contributed by atoms with Crippen molar-refractivity contribution in [1.29, 1.82) is 0 Å². The Bertz CT molecular complexity index is 268. The van der Waals surface area contributed by atoms with E-state index in [2.05, 4.69) is 31.0 Å². The molecule has 3 N–H and O–H groups in total. The fourth-order valence-corrected chi connectivity index (χ4v) is 2.98. The highest BCUT2D eigenvalue weighted by Gasteiger charge is 2.31. The third-order valence-corrected chi connectivity index (χ3v) is 4.19. The van der Waals surface area contributed by atoms with Gasteiger partial charge in [-0.1, -0.05) is 27.2 Å². The van der Waals surface area contributed by atoms with Gasteiger partial charge in [0.1, 0.15) is 0 Å². The van der Waals surface area contributed by atoms with E-state index in [1.54, 1.807) is 0 Å². The molecule has 4 heteroatoms. The summed E-state index contributed by atoms with van der Waals surface area (Å²) in [5, 5.41) is 3.02. The van der Waals surface area contributed by atoms with Crippen LogP contribution < -0.4 is 11.1 Å². The summed E-state index contributed by atoms with van der Waals surface area (Å²) >= 11 is 0. The van der Waals surface area contributed by atoms with Gasteiger partial charge in [-0.3, -0.25) is 9.69 Å². The number of nitrogens with two attached hydrogens (primary N) is 1. The number of likely N-dealkylation sites (N-methyl/N-ethyl adjacent to an activating group) is 1. The Kier molecular flexibility index (Phi) is 7.39. The van der Waals surface area contributed by atoms with E-state index in [-0.39, 0.29) is 5.91 Å². The van der Waals surface area contributed by atoms with Crippen molar-refractivity contribution in [3.8, 4) is 0 Å². The fraction of sp³-hybridized carbons (Fsp3) is 0.933. The first-order chi connectivity index (χ1) is 9.08. The van der Waals surface area contributed by atoms with Crippen molar-refractivity contribution in [2.45, 2.75) is 52.5 Å². The van der Waals surface area contributed by atoms with Crippen LogP contribution in [0.1, 0.15) is 46.5 Å². The standard InChI is InChI=1S/C15H31N3O/c1-4-18(14-7-5-6-13(14)10-16)11-15(19)17-9-8-12(2)3/h12-14H,4-11,16H2,1-3H3,(H,17,19). The van der Waals surface area contributed by atoms with Crippen molar-refractivity contribution in [2.24, 2.45) is 17.6 Å². The number of hydrogen-bond acceptors (Lipinski definition) is 3. The Morgan fingerprint density at radius 2 is 2.16 bits per heavy atom. The monoisotopic (exact) mass is 269 g/mol. The maximum atomic E-state index is 12.0. The van der Waals surface area contributed by atoms with Crippen LogP contribution in [-0.4, -0.2) is 43.0 Å². The summed E-state index contributed by atoms with van der Waals surface area (Å²) in [5.74, 6) is 1.37. The molecule has 0 aliphatic heterocycles. The van der Waals surface area contributed by atoms with E-state index in [0.29, 0.717) is 24.4 Å². The normalized spacial score (nSPS) is 23.3. The minimum atomic E-state index is 0.158. The van der Waals surface area contributed by atoms with Crippen LogP contribution >= 0.6 is 0 Å². The number of nitrogens with zero attached hydrogens (tertiary/aromatic N) is 1. The smallest absolute Gasteiger partial charge is 0.234 e. The van der Waals surface area contributed by atoms with E-state index in [1.807, 2.05) is 0 Å². The fourth-order valence-electron chi connectivity index (χ4n) is 2.98. The average molecular weight is 269 g/mol. The van der Waals surface area contributed by atoms with Gasteiger partial charge in [-0.2, -0.15) is 0 Å². The third kappa shape index (κ3) is 5.49. The first kappa shape index (κ1) is 16.4. The predicted octanol–water partition coefficient (Wildman–Crippen LogP) is 1.60. The molecule has 1 aliphatic rings. The summed E-state index contributed by atoms with van der Waals surface area (Å²) in [6, 6.07) is 0.505. The number of amides is 1. The van der Waals surface area contributed by atoms with Gasteiger partial charge in [0.05, 0.1) is 6.54 Å². The molecule has 0 radical (unpaired) electrons. The van der Waals surface area contributed by atoms with Gasteiger partial charge in [0.15, 0.2) is 0 Å². The first-order valence-corrected chi connectivity index (χ1v) is 7.79. The summed E-state index contributed by atoms with van der Waals surface area (Å²) in [6.45, 7) is 9.47. The predicted molar refractivity (Wildman–Crippen MR) is 79.9 cm³/mol. The molecule has 0 saturated heterocycles. The summed E-state index contributed by atoms with van der Waals surface area (Å²) < 4.78 is 0. The summed E-state index contributed by atoms with van der Waals surface area (Å²) in [7, 11) is 0. The largest absolute Gasteiger partial charge is 0.355 e. The van der Waals surface area contributed by atoms with Crippen LogP contribution in [0.25, 0.3) is 0 Å². The van der Waals surface area contributed by atoms with Crippen LogP contribution in [0.5, 0.6) is 0 Å². The van der Waals surface area contributed by atoms with Crippen molar-refractivity contribution in [3.63, 3.8) is 0 Å². The van der Waals surface area contributed by atoms with Crippen molar-refractivity contribution in [3.05, 3.63) is 0 Å². The number of rotatable bonds is 8. The molecular weight excluding hydrogens is 238 g/mol. The summed E-state index contributed by atoms with van der Waals surface area (Å²) in [6.07, 6.45) is 4.70. The zero-order valence-electron chi connectivity index (χ0n) is 12.8. The van der Waals surface area contributed by atoms with Crippen molar-refractivity contribution in [1.82, 2.24) is 10.2 Å². The highest BCUT2D eigenvalue weighted by atomic mass is 16.2. The van der Waals surface area contributed by atoms with Gasteiger partial charge < -0.3 is 11.1 Å². The summed E-state index contributed by atoms with van der Waals surface area (Å²) in [4.78, 5) is 14.3. The lowest BCUT2D eigenvalue weighted by atomic mass is 10.0. The lowest BCUT2D eigenvalue weighted by molar-refractivity contribution is -0.123. The Balaban J connectivity index is 2.36. The highest BCUT2D eigenvalue weighted by molar-refractivity contribution is 5.78. The lowest BCUT2D eigenvalue weighted by Crippen LogP contribution is -2.45. The molecule has 2 unspecified atom stereocenters. The topological polar surface area (TPSA) is 58.4 Å². The molecule has 0 bridgehead atoms. The minimum Gasteiger partial charge on any atom is -0.355 e. The van der Waals surface area contributed by atoms with Gasteiger partial charge in [0.2, 0.25) is 5.91 Å². The van der Waals surface area contributed by atoms with Gasteiger partial charge in [-0.05, 0) is 44.2 Å². The second kappa shape index (κ2) is 8.54. The van der Waals surface area contributed by atoms with Gasteiger partial charge in [-0.25, -0.2) is 0 Å². The van der Waals surface area contributed by atoms with Gasteiger partial charge >= 0.3 is 0 Å². The molecule has 1 saturated carbocycles.